The normalized spacial score (nSPS) is 25.9. The fourth-order valence-electron chi connectivity index (χ4n) is 3.45. The number of ether oxygens (including phenoxy) is 1. The first kappa shape index (κ1) is 16.0. The summed E-state index contributed by atoms with van der Waals surface area (Å²) in [6, 6.07) is 4.14. The molecule has 0 spiro atoms. The van der Waals surface area contributed by atoms with Crippen LogP contribution in [0.5, 0.6) is 5.75 Å². The Morgan fingerprint density at radius 3 is 2.71 bits per heavy atom. The molecule has 2 rings (SSSR count). The molecule has 0 N–H and O–H groups in total. The summed E-state index contributed by atoms with van der Waals surface area (Å²) in [5.74, 6) is 0.498. The van der Waals surface area contributed by atoms with Crippen LogP contribution < -0.4 is 4.74 Å². The summed E-state index contributed by atoms with van der Waals surface area (Å²) in [6.45, 7) is 2.17. The molecule has 4 heteroatoms. The summed E-state index contributed by atoms with van der Waals surface area (Å²) in [4.78, 5) is 15.1. The molecule has 116 valence electrons. The van der Waals surface area contributed by atoms with Gasteiger partial charge in [-0.1, -0.05) is 19.8 Å². The summed E-state index contributed by atoms with van der Waals surface area (Å²) >= 11 is 0. The zero-order chi connectivity index (χ0) is 15.6. The lowest BCUT2D eigenvalue weighted by atomic mass is 9.71. The van der Waals surface area contributed by atoms with Crippen LogP contribution in [0.3, 0.4) is 0 Å². The number of benzene rings is 1. The molecule has 3 nitrogen and oxygen atoms in total. The SMILES string of the molecule is COc1ccc(F)cc1C(=O)C1(N(C)C)CCCC(C)C1. The molecule has 1 aromatic rings. The molecule has 0 radical (unpaired) electrons. The maximum absolute atomic E-state index is 13.6. The molecule has 1 aromatic carbocycles. The number of carbonyl (C=O) groups excluding carboxylic acids is 1. The summed E-state index contributed by atoms with van der Waals surface area (Å²) in [5, 5.41) is 0. The fraction of sp³-hybridized carbons (Fsp3) is 0.588. The molecule has 0 aliphatic heterocycles. The van der Waals surface area contributed by atoms with E-state index in [4.69, 9.17) is 4.74 Å². The Labute approximate surface area is 126 Å². The maximum atomic E-state index is 13.6. The van der Waals surface area contributed by atoms with E-state index in [1.165, 1.54) is 25.3 Å². The highest BCUT2D eigenvalue weighted by Crippen LogP contribution is 2.39. The van der Waals surface area contributed by atoms with E-state index in [0.717, 1.165) is 25.7 Å². The Bertz CT molecular complexity index is 530. The van der Waals surface area contributed by atoms with E-state index in [-0.39, 0.29) is 5.78 Å². The first-order chi connectivity index (χ1) is 9.90. The fourth-order valence-corrected chi connectivity index (χ4v) is 3.45. The Morgan fingerprint density at radius 1 is 1.43 bits per heavy atom. The van der Waals surface area contributed by atoms with E-state index in [1.54, 1.807) is 0 Å². The van der Waals surface area contributed by atoms with Crippen molar-refractivity contribution in [1.82, 2.24) is 4.90 Å². The predicted octanol–water partition coefficient (Wildman–Crippen LogP) is 3.53. The monoisotopic (exact) mass is 293 g/mol. The van der Waals surface area contributed by atoms with Crippen LogP contribution in [0.15, 0.2) is 18.2 Å². The smallest absolute Gasteiger partial charge is 0.186 e. The van der Waals surface area contributed by atoms with Gasteiger partial charge in [0.25, 0.3) is 0 Å². The van der Waals surface area contributed by atoms with Crippen LogP contribution in [0.2, 0.25) is 0 Å². The van der Waals surface area contributed by atoms with Crippen LogP contribution in [0.4, 0.5) is 4.39 Å². The molecule has 2 atom stereocenters. The van der Waals surface area contributed by atoms with Crippen molar-refractivity contribution in [3.05, 3.63) is 29.6 Å². The quantitative estimate of drug-likeness (QED) is 0.795. The molecule has 1 aliphatic rings. The largest absolute Gasteiger partial charge is 0.496 e. The van der Waals surface area contributed by atoms with Crippen LogP contribution in [0.25, 0.3) is 0 Å². The van der Waals surface area contributed by atoms with E-state index in [2.05, 4.69) is 6.92 Å². The summed E-state index contributed by atoms with van der Waals surface area (Å²) in [5.41, 5.74) is -0.209. The van der Waals surface area contributed by atoms with Crippen LogP contribution >= 0.6 is 0 Å². The van der Waals surface area contributed by atoms with Gasteiger partial charge in [0, 0.05) is 0 Å². The average molecular weight is 293 g/mol. The van der Waals surface area contributed by atoms with Crippen molar-refractivity contribution in [2.45, 2.75) is 38.1 Å². The molecule has 0 heterocycles. The molecule has 0 saturated heterocycles. The first-order valence-electron chi connectivity index (χ1n) is 7.46. The minimum atomic E-state index is -0.557. The molecule has 0 amide bonds. The van der Waals surface area contributed by atoms with Crippen LogP contribution in [0, 0.1) is 11.7 Å². The molecular weight excluding hydrogens is 269 g/mol. The Kier molecular flexibility index (Phi) is 4.67. The predicted molar refractivity (Wildman–Crippen MR) is 81.3 cm³/mol. The van der Waals surface area contributed by atoms with E-state index in [1.807, 2.05) is 19.0 Å². The Morgan fingerprint density at radius 2 is 2.14 bits per heavy atom. The number of hydrogen-bond acceptors (Lipinski definition) is 3. The summed E-state index contributed by atoms with van der Waals surface area (Å²) < 4.78 is 18.9. The minimum Gasteiger partial charge on any atom is -0.496 e. The second-order valence-corrected chi connectivity index (χ2v) is 6.30. The number of hydrogen-bond donors (Lipinski definition) is 0. The number of Topliss-reactive ketones (excluding diaryl/α,β-unsaturated/α-hetero) is 1. The second kappa shape index (κ2) is 6.14. The van der Waals surface area contributed by atoms with Gasteiger partial charge in [-0.3, -0.25) is 9.69 Å². The van der Waals surface area contributed by atoms with Crippen molar-refractivity contribution >= 4 is 5.78 Å². The number of rotatable bonds is 4. The van der Waals surface area contributed by atoms with E-state index in [0.29, 0.717) is 17.2 Å². The topological polar surface area (TPSA) is 29.5 Å². The number of methoxy groups -OCH3 is 1. The van der Waals surface area contributed by atoms with Crippen molar-refractivity contribution in [3.8, 4) is 5.75 Å². The zero-order valence-electron chi connectivity index (χ0n) is 13.3. The molecule has 1 aliphatic carbocycles. The second-order valence-electron chi connectivity index (χ2n) is 6.30. The Balaban J connectivity index is 2.46. The highest BCUT2D eigenvalue weighted by Gasteiger charge is 2.44. The highest BCUT2D eigenvalue weighted by molar-refractivity contribution is 6.05. The molecular formula is C17H24FNO2. The van der Waals surface area contributed by atoms with Gasteiger partial charge in [0.2, 0.25) is 0 Å². The van der Waals surface area contributed by atoms with Crippen LogP contribution in [0.1, 0.15) is 43.0 Å². The van der Waals surface area contributed by atoms with E-state index >= 15 is 0 Å². The van der Waals surface area contributed by atoms with Gasteiger partial charge in [-0.05, 0) is 51.1 Å². The average Bonchev–Trinajstić information content (AvgIpc) is 2.46. The van der Waals surface area contributed by atoms with Crippen molar-refractivity contribution in [2.75, 3.05) is 21.2 Å². The van der Waals surface area contributed by atoms with Crippen LogP contribution in [-0.2, 0) is 0 Å². The zero-order valence-corrected chi connectivity index (χ0v) is 13.3. The molecule has 2 unspecified atom stereocenters. The van der Waals surface area contributed by atoms with Crippen molar-refractivity contribution in [3.63, 3.8) is 0 Å². The van der Waals surface area contributed by atoms with Gasteiger partial charge in [0.05, 0.1) is 18.2 Å². The molecule has 21 heavy (non-hydrogen) atoms. The number of carbonyl (C=O) groups is 1. The number of likely N-dealkylation sites (N-methyl/N-ethyl adjacent to an activating group) is 1. The van der Waals surface area contributed by atoms with Crippen molar-refractivity contribution < 1.29 is 13.9 Å². The summed E-state index contributed by atoms with van der Waals surface area (Å²) in [7, 11) is 5.37. The molecule has 0 bridgehead atoms. The Hall–Kier alpha value is -1.42. The van der Waals surface area contributed by atoms with Gasteiger partial charge in [-0.15, -0.1) is 0 Å². The van der Waals surface area contributed by atoms with Gasteiger partial charge < -0.3 is 4.74 Å². The lowest BCUT2D eigenvalue weighted by Crippen LogP contribution is -2.53. The number of nitrogens with zero attached hydrogens (tertiary/aromatic N) is 1. The maximum Gasteiger partial charge on any atom is 0.186 e. The first-order valence-corrected chi connectivity index (χ1v) is 7.46. The third-order valence-corrected chi connectivity index (χ3v) is 4.66. The van der Waals surface area contributed by atoms with Gasteiger partial charge >= 0.3 is 0 Å². The summed E-state index contributed by atoms with van der Waals surface area (Å²) in [6.07, 6.45) is 3.77. The molecule has 0 aromatic heterocycles. The minimum absolute atomic E-state index is 0.0320. The van der Waals surface area contributed by atoms with Crippen molar-refractivity contribution in [2.24, 2.45) is 5.92 Å². The highest BCUT2D eigenvalue weighted by atomic mass is 19.1. The van der Waals surface area contributed by atoms with Gasteiger partial charge in [-0.25, -0.2) is 4.39 Å². The lowest BCUT2D eigenvalue weighted by molar-refractivity contribution is 0.0483. The van der Waals surface area contributed by atoms with Crippen molar-refractivity contribution in [1.29, 1.82) is 0 Å². The van der Waals surface area contributed by atoms with Gasteiger partial charge in [0.15, 0.2) is 5.78 Å². The van der Waals surface area contributed by atoms with E-state index < -0.39 is 11.4 Å². The molecule has 1 saturated carbocycles. The molecule has 1 fully saturated rings. The lowest BCUT2D eigenvalue weighted by Gasteiger charge is -2.44. The third-order valence-electron chi connectivity index (χ3n) is 4.66. The standard InChI is InChI=1S/C17H24FNO2/c1-12-6-5-9-17(11-12,19(2)3)16(20)14-10-13(18)7-8-15(14)21-4/h7-8,10,12H,5-6,9,11H2,1-4H3. The van der Waals surface area contributed by atoms with Crippen LogP contribution in [-0.4, -0.2) is 37.4 Å². The van der Waals surface area contributed by atoms with E-state index in [9.17, 15) is 9.18 Å². The number of halogens is 1. The van der Waals surface area contributed by atoms with Gasteiger partial charge in [-0.2, -0.15) is 0 Å². The third kappa shape index (κ3) is 2.95. The number of ketones is 1. The van der Waals surface area contributed by atoms with Gasteiger partial charge in [0.1, 0.15) is 11.6 Å².